The molecule has 0 bridgehead atoms. The van der Waals surface area contributed by atoms with E-state index in [4.69, 9.17) is 4.42 Å². The van der Waals surface area contributed by atoms with Crippen LogP contribution in [0.15, 0.2) is 70.3 Å². The van der Waals surface area contributed by atoms with Gasteiger partial charge in [0.05, 0.1) is 18.8 Å². The van der Waals surface area contributed by atoms with Crippen molar-refractivity contribution >= 4 is 35.8 Å². The first kappa shape index (κ1) is 25.4. The number of aromatic nitrogens is 1. The fraction of sp³-hybridized carbons (Fsp3) is 0.292. The van der Waals surface area contributed by atoms with Crippen molar-refractivity contribution in [3.63, 3.8) is 0 Å². The van der Waals surface area contributed by atoms with E-state index in [2.05, 4.69) is 20.6 Å². The minimum Gasteiger partial charge on any atom is -0.444 e. The number of aliphatic imine (C=N–C) groups is 1. The number of amides is 1. The average Bonchev–Trinajstić information content (AvgIpc) is 3.27. The quantitative estimate of drug-likeness (QED) is 0.253. The molecule has 0 saturated heterocycles. The molecule has 0 fully saturated rings. The third-order valence-corrected chi connectivity index (χ3v) is 4.87. The summed E-state index contributed by atoms with van der Waals surface area (Å²) in [5.41, 5.74) is 3.98. The van der Waals surface area contributed by atoms with E-state index in [1.165, 1.54) is 5.56 Å². The number of hydrogen-bond donors (Lipinski definition) is 2. The minimum atomic E-state index is 0. The summed E-state index contributed by atoms with van der Waals surface area (Å²) in [7, 11) is 1.67. The van der Waals surface area contributed by atoms with Crippen LogP contribution in [0.3, 0.4) is 0 Å². The van der Waals surface area contributed by atoms with Crippen LogP contribution in [0.25, 0.3) is 11.5 Å². The lowest BCUT2D eigenvalue weighted by Crippen LogP contribution is -2.44. The number of nitrogens with zero attached hydrogens (tertiary/aromatic N) is 3. The van der Waals surface area contributed by atoms with E-state index in [1.54, 1.807) is 18.2 Å². The van der Waals surface area contributed by atoms with Gasteiger partial charge >= 0.3 is 0 Å². The zero-order valence-electron chi connectivity index (χ0n) is 18.7. The molecule has 8 heteroatoms. The average molecular weight is 547 g/mol. The van der Waals surface area contributed by atoms with Gasteiger partial charge in [-0.25, -0.2) is 4.98 Å². The van der Waals surface area contributed by atoms with Gasteiger partial charge in [0.15, 0.2) is 5.96 Å². The maximum atomic E-state index is 12.6. The Morgan fingerprint density at radius 2 is 1.81 bits per heavy atom. The highest BCUT2D eigenvalue weighted by Gasteiger charge is 2.13. The highest BCUT2D eigenvalue weighted by Crippen LogP contribution is 2.18. The molecule has 2 N–H and O–H groups in total. The molecule has 0 saturated carbocycles. The molecule has 1 heterocycles. The lowest BCUT2D eigenvalue weighted by atomic mass is 10.1. The van der Waals surface area contributed by atoms with Crippen molar-refractivity contribution in [3.8, 4) is 11.5 Å². The predicted molar refractivity (Wildman–Crippen MR) is 138 cm³/mol. The summed E-state index contributed by atoms with van der Waals surface area (Å²) in [6.07, 6.45) is 1.62. The van der Waals surface area contributed by atoms with Gasteiger partial charge in [-0.2, -0.15) is 0 Å². The van der Waals surface area contributed by atoms with Gasteiger partial charge in [0.25, 0.3) is 0 Å². The van der Waals surface area contributed by atoms with Crippen LogP contribution in [-0.2, 0) is 17.9 Å². The summed E-state index contributed by atoms with van der Waals surface area (Å²) >= 11 is 0. The monoisotopic (exact) mass is 547 g/mol. The number of halogens is 1. The number of carbonyl (C=O) groups excluding carboxylic acids is 1. The summed E-state index contributed by atoms with van der Waals surface area (Å²) in [4.78, 5) is 23.1. The van der Waals surface area contributed by atoms with Gasteiger partial charge in [0.1, 0.15) is 6.26 Å². The number of nitrogens with one attached hydrogen (secondary N) is 2. The van der Waals surface area contributed by atoms with E-state index >= 15 is 0 Å². The van der Waals surface area contributed by atoms with Crippen molar-refractivity contribution in [2.75, 3.05) is 20.1 Å². The topological polar surface area (TPSA) is 82.8 Å². The van der Waals surface area contributed by atoms with Crippen LogP contribution in [0.4, 0.5) is 0 Å². The van der Waals surface area contributed by atoms with Crippen molar-refractivity contribution in [2.45, 2.75) is 26.9 Å². The number of carbonyl (C=O) groups is 1. The molecule has 0 spiro atoms. The van der Waals surface area contributed by atoms with Crippen LogP contribution < -0.4 is 10.6 Å². The lowest BCUT2D eigenvalue weighted by molar-refractivity contribution is -0.130. The van der Waals surface area contributed by atoms with Gasteiger partial charge in [0, 0.05) is 25.7 Å². The first-order chi connectivity index (χ1) is 15.1. The summed E-state index contributed by atoms with van der Waals surface area (Å²) in [5.74, 6) is 1.12. The van der Waals surface area contributed by atoms with Gasteiger partial charge in [-0.05, 0) is 31.5 Å². The Morgan fingerprint density at radius 3 is 2.47 bits per heavy atom. The van der Waals surface area contributed by atoms with Crippen LogP contribution in [0.5, 0.6) is 0 Å². The van der Waals surface area contributed by atoms with Crippen molar-refractivity contribution in [1.82, 2.24) is 20.5 Å². The highest BCUT2D eigenvalue weighted by atomic mass is 127. The Labute approximate surface area is 206 Å². The number of hydrogen-bond acceptors (Lipinski definition) is 4. The van der Waals surface area contributed by atoms with E-state index in [-0.39, 0.29) is 36.4 Å². The maximum absolute atomic E-state index is 12.6. The smallest absolute Gasteiger partial charge is 0.242 e. The Hall–Kier alpha value is -2.88. The van der Waals surface area contributed by atoms with Crippen LogP contribution in [-0.4, -0.2) is 41.9 Å². The molecular weight excluding hydrogens is 517 g/mol. The fourth-order valence-electron chi connectivity index (χ4n) is 3.06. The number of aryl methyl sites for hydroxylation is 1. The summed E-state index contributed by atoms with van der Waals surface area (Å²) in [5, 5.41) is 6.24. The van der Waals surface area contributed by atoms with Crippen molar-refractivity contribution in [2.24, 2.45) is 4.99 Å². The fourth-order valence-corrected chi connectivity index (χ4v) is 3.06. The Bertz CT molecular complexity index is 1000. The first-order valence-electron chi connectivity index (χ1n) is 10.4. The van der Waals surface area contributed by atoms with Crippen molar-refractivity contribution in [3.05, 3.63) is 77.7 Å². The molecule has 3 rings (SSSR count). The summed E-state index contributed by atoms with van der Waals surface area (Å²) in [6.45, 7) is 5.84. The van der Waals surface area contributed by atoms with Gasteiger partial charge in [0.2, 0.25) is 11.8 Å². The summed E-state index contributed by atoms with van der Waals surface area (Å²) < 4.78 is 5.59. The van der Waals surface area contributed by atoms with Gasteiger partial charge in [-0.3, -0.25) is 9.79 Å². The third-order valence-electron chi connectivity index (χ3n) is 4.87. The van der Waals surface area contributed by atoms with Crippen molar-refractivity contribution < 1.29 is 9.21 Å². The normalized spacial score (nSPS) is 10.9. The van der Waals surface area contributed by atoms with Crippen LogP contribution in [0, 0.1) is 6.92 Å². The zero-order chi connectivity index (χ0) is 22.1. The Morgan fingerprint density at radius 1 is 1.09 bits per heavy atom. The molecule has 0 unspecified atom stereocenters. The molecule has 0 radical (unpaired) electrons. The molecule has 0 aliphatic rings. The Kier molecular flexibility index (Phi) is 10.2. The van der Waals surface area contributed by atoms with Gasteiger partial charge in [-0.15, -0.1) is 24.0 Å². The van der Waals surface area contributed by atoms with E-state index in [0.717, 1.165) is 16.8 Å². The molecule has 0 aliphatic carbocycles. The second-order valence-corrected chi connectivity index (χ2v) is 7.18. The molecule has 7 nitrogen and oxygen atoms in total. The van der Waals surface area contributed by atoms with E-state index < -0.39 is 0 Å². The lowest BCUT2D eigenvalue weighted by Gasteiger charge is -2.22. The minimum absolute atomic E-state index is 0. The molecule has 170 valence electrons. The van der Waals surface area contributed by atoms with Gasteiger partial charge < -0.3 is 20.0 Å². The largest absolute Gasteiger partial charge is 0.444 e. The van der Waals surface area contributed by atoms with E-state index in [1.807, 2.05) is 68.4 Å². The predicted octanol–water partition coefficient (Wildman–Crippen LogP) is 3.98. The standard InChI is InChI=1S/C24H29N5O2.HI/c1-4-29(16-19-8-6-5-7-9-19)22(30)15-27-24(25-3)26-14-21-17-31-23(28-21)20-12-10-18(2)11-13-20;/h5-13,17H,4,14-16H2,1-3H3,(H2,25,26,27);1H. The number of likely N-dealkylation sites (N-methyl/N-ethyl adjacent to an activating group) is 1. The van der Waals surface area contributed by atoms with E-state index in [9.17, 15) is 4.79 Å². The van der Waals surface area contributed by atoms with Crippen molar-refractivity contribution in [1.29, 1.82) is 0 Å². The second-order valence-electron chi connectivity index (χ2n) is 7.18. The second kappa shape index (κ2) is 12.8. The molecule has 1 aromatic heterocycles. The molecule has 0 aliphatic heterocycles. The van der Waals surface area contributed by atoms with Crippen LogP contribution in [0.2, 0.25) is 0 Å². The molecule has 32 heavy (non-hydrogen) atoms. The first-order valence-corrected chi connectivity index (χ1v) is 10.4. The molecule has 0 atom stereocenters. The maximum Gasteiger partial charge on any atom is 0.242 e. The zero-order valence-corrected chi connectivity index (χ0v) is 21.0. The molecule has 2 aromatic carbocycles. The third kappa shape index (κ3) is 7.37. The molecule has 3 aromatic rings. The molecular formula is C24H30IN5O2. The van der Waals surface area contributed by atoms with E-state index in [0.29, 0.717) is 31.5 Å². The number of benzene rings is 2. The number of guanidine groups is 1. The summed E-state index contributed by atoms with van der Waals surface area (Å²) in [6, 6.07) is 18.0. The van der Waals surface area contributed by atoms with Gasteiger partial charge in [-0.1, -0.05) is 48.0 Å². The Balaban J connectivity index is 0.00000363. The number of rotatable bonds is 8. The molecule has 1 amide bonds. The van der Waals surface area contributed by atoms with Crippen LogP contribution in [0.1, 0.15) is 23.7 Å². The highest BCUT2D eigenvalue weighted by molar-refractivity contribution is 14.0. The van der Waals surface area contributed by atoms with Crippen LogP contribution >= 0.6 is 24.0 Å². The number of oxazole rings is 1. The SMILES string of the molecule is CCN(Cc1ccccc1)C(=O)CNC(=NC)NCc1coc(-c2ccc(C)cc2)n1.I.